The number of nitrogens with one attached hydrogen (secondary N) is 1. The van der Waals surface area contributed by atoms with E-state index >= 15 is 0 Å². The van der Waals surface area contributed by atoms with Crippen molar-refractivity contribution in [3.63, 3.8) is 0 Å². The predicted molar refractivity (Wildman–Crippen MR) is 104 cm³/mol. The van der Waals surface area contributed by atoms with Crippen LogP contribution in [0.3, 0.4) is 0 Å². The highest BCUT2D eigenvalue weighted by molar-refractivity contribution is 5.96. The second-order valence-corrected chi connectivity index (χ2v) is 6.59. The second-order valence-electron chi connectivity index (χ2n) is 6.59. The van der Waals surface area contributed by atoms with Gasteiger partial charge in [-0.25, -0.2) is 0 Å². The summed E-state index contributed by atoms with van der Waals surface area (Å²) in [6, 6.07) is 9.80. The molecule has 1 atom stereocenters. The van der Waals surface area contributed by atoms with Crippen molar-refractivity contribution >= 4 is 11.7 Å². The number of hydrogen-bond acceptors (Lipinski definition) is 3. The fourth-order valence-corrected chi connectivity index (χ4v) is 2.95. The van der Waals surface area contributed by atoms with Gasteiger partial charge in [0.25, 0.3) is 0 Å². The average molecular weight is 356 g/mol. The van der Waals surface area contributed by atoms with Gasteiger partial charge in [0.2, 0.25) is 5.91 Å². The number of rotatable bonds is 8. The van der Waals surface area contributed by atoms with E-state index in [9.17, 15) is 9.59 Å². The molecule has 0 fully saturated rings. The molecule has 1 heterocycles. The van der Waals surface area contributed by atoms with Crippen molar-refractivity contribution in [1.29, 1.82) is 0 Å². The van der Waals surface area contributed by atoms with Crippen molar-refractivity contribution < 1.29 is 14.3 Å². The van der Waals surface area contributed by atoms with Crippen LogP contribution in [0.25, 0.3) is 11.3 Å². The van der Waals surface area contributed by atoms with Crippen LogP contribution in [0.15, 0.2) is 30.3 Å². The zero-order chi connectivity index (χ0) is 19.3. The van der Waals surface area contributed by atoms with Crippen molar-refractivity contribution in [1.82, 2.24) is 9.88 Å². The number of ether oxygens (including phenoxy) is 1. The van der Waals surface area contributed by atoms with E-state index in [2.05, 4.69) is 9.88 Å². The Hall–Kier alpha value is -2.56. The summed E-state index contributed by atoms with van der Waals surface area (Å²) < 4.78 is 7.27. The van der Waals surface area contributed by atoms with Crippen LogP contribution in [0.1, 0.15) is 49.7 Å². The fourth-order valence-electron chi connectivity index (χ4n) is 2.95. The van der Waals surface area contributed by atoms with Crippen molar-refractivity contribution in [2.75, 3.05) is 7.11 Å². The van der Waals surface area contributed by atoms with E-state index < -0.39 is 0 Å². The lowest BCUT2D eigenvalue weighted by Crippen LogP contribution is -2.32. The first-order valence-electron chi connectivity index (χ1n) is 9.02. The van der Waals surface area contributed by atoms with Gasteiger partial charge in [-0.1, -0.05) is 6.92 Å². The number of hydrogen-bond donors (Lipinski definition) is 1. The van der Waals surface area contributed by atoms with E-state index in [-0.39, 0.29) is 17.7 Å². The third-order valence-corrected chi connectivity index (χ3v) is 4.71. The summed E-state index contributed by atoms with van der Waals surface area (Å²) in [5, 5.41) is 2.99. The molecule has 0 aliphatic heterocycles. The summed E-state index contributed by atoms with van der Waals surface area (Å²) in [4.78, 5) is 24.1. The minimum absolute atomic E-state index is 0.0255. The number of nitrogens with zero attached hydrogens (tertiary/aromatic N) is 1. The summed E-state index contributed by atoms with van der Waals surface area (Å²) >= 11 is 0. The first-order chi connectivity index (χ1) is 12.4. The molecule has 140 valence electrons. The van der Waals surface area contributed by atoms with Gasteiger partial charge in [0.1, 0.15) is 5.75 Å². The third-order valence-electron chi connectivity index (χ3n) is 4.71. The Bertz CT molecular complexity index is 775. The first-order valence-corrected chi connectivity index (χ1v) is 9.02. The maximum Gasteiger partial charge on any atom is 0.221 e. The molecule has 2 aromatic rings. The van der Waals surface area contributed by atoms with Crippen molar-refractivity contribution in [2.45, 2.75) is 53.1 Å². The van der Waals surface area contributed by atoms with Gasteiger partial charge in [0, 0.05) is 36.0 Å². The molecule has 0 radical (unpaired) electrons. The summed E-state index contributed by atoms with van der Waals surface area (Å²) in [5.74, 6) is 0.834. The fraction of sp³-hybridized carbons (Fsp3) is 0.429. The van der Waals surface area contributed by atoms with Gasteiger partial charge in [0.05, 0.1) is 7.11 Å². The van der Waals surface area contributed by atoms with Crippen LogP contribution in [-0.2, 0) is 11.3 Å². The SMILES string of the molecule is CCC(C)NC(=O)CCn1c(-c2ccc(OC)cc2)cc(C(C)=O)c1C. The van der Waals surface area contributed by atoms with E-state index in [4.69, 9.17) is 4.74 Å². The van der Waals surface area contributed by atoms with Crippen LogP contribution in [0, 0.1) is 6.92 Å². The number of amides is 1. The molecule has 5 nitrogen and oxygen atoms in total. The lowest BCUT2D eigenvalue weighted by Gasteiger charge is -2.14. The van der Waals surface area contributed by atoms with Crippen molar-refractivity contribution in [3.8, 4) is 17.0 Å². The Kier molecular flexibility index (Phi) is 6.61. The molecular weight excluding hydrogens is 328 g/mol. The van der Waals surface area contributed by atoms with Crippen molar-refractivity contribution in [3.05, 3.63) is 41.6 Å². The molecule has 5 heteroatoms. The van der Waals surface area contributed by atoms with Crippen LogP contribution in [0.5, 0.6) is 5.75 Å². The number of benzene rings is 1. The van der Waals surface area contributed by atoms with E-state index in [0.717, 1.165) is 29.1 Å². The van der Waals surface area contributed by atoms with Crippen LogP contribution < -0.4 is 10.1 Å². The van der Waals surface area contributed by atoms with Gasteiger partial charge in [-0.3, -0.25) is 9.59 Å². The molecule has 2 rings (SSSR count). The highest BCUT2D eigenvalue weighted by atomic mass is 16.5. The number of ketones is 1. The number of carbonyl (C=O) groups is 2. The standard InChI is InChI=1S/C21H28N2O3/c1-6-14(2)22-21(25)11-12-23-15(3)19(16(4)24)13-20(23)17-7-9-18(26-5)10-8-17/h7-10,13-14H,6,11-12H2,1-5H3,(H,22,25). The summed E-state index contributed by atoms with van der Waals surface area (Å²) in [5.41, 5.74) is 3.51. The topological polar surface area (TPSA) is 60.3 Å². The van der Waals surface area contributed by atoms with Crippen LogP contribution in [0.4, 0.5) is 0 Å². The number of carbonyl (C=O) groups excluding carboxylic acids is 2. The van der Waals surface area contributed by atoms with Crippen LogP contribution in [0.2, 0.25) is 0 Å². The van der Waals surface area contributed by atoms with Gasteiger partial charge >= 0.3 is 0 Å². The Morgan fingerprint density at radius 2 is 1.88 bits per heavy atom. The largest absolute Gasteiger partial charge is 0.497 e. The Balaban J connectivity index is 2.30. The van der Waals surface area contributed by atoms with Gasteiger partial charge in [-0.15, -0.1) is 0 Å². The molecule has 1 aromatic carbocycles. The van der Waals surface area contributed by atoms with Gasteiger partial charge in [0.15, 0.2) is 5.78 Å². The van der Waals surface area contributed by atoms with Gasteiger partial charge < -0.3 is 14.6 Å². The molecule has 26 heavy (non-hydrogen) atoms. The molecule has 1 aromatic heterocycles. The summed E-state index contributed by atoms with van der Waals surface area (Å²) in [6.45, 7) is 8.07. The van der Waals surface area contributed by atoms with E-state index in [1.807, 2.05) is 51.1 Å². The molecule has 0 saturated carbocycles. The molecule has 1 unspecified atom stereocenters. The lowest BCUT2D eigenvalue weighted by molar-refractivity contribution is -0.121. The zero-order valence-electron chi connectivity index (χ0n) is 16.3. The Morgan fingerprint density at radius 1 is 1.23 bits per heavy atom. The third kappa shape index (κ3) is 4.54. The van der Waals surface area contributed by atoms with Crippen LogP contribution >= 0.6 is 0 Å². The molecular formula is C21H28N2O3. The Labute approximate surface area is 155 Å². The number of aromatic nitrogens is 1. The molecule has 0 aliphatic rings. The van der Waals surface area contributed by atoms with Gasteiger partial charge in [-0.05, 0) is 63.1 Å². The first kappa shape index (κ1) is 19.8. The molecule has 1 N–H and O–H groups in total. The molecule has 0 spiro atoms. The van der Waals surface area contributed by atoms with Crippen LogP contribution in [-0.4, -0.2) is 29.4 Å². The number of methoxy groups -OCH3 is 1. The molecule has 1 amide bonds. The summed E-state index contributed by atoms with van der Waals surface area (Å²) in [6.07, 6.45) is 1.28. The lowest BCUT2D eigenvalue weighted by atomic mass is 10.1. The van der Waals surface area contributed by atoms with E-state index in [1.165, 1.54) is 0 Å². The monoisotopic (exact) mass is 356 g/mol. The normalized spacial score (nSPS) is 11.9. The van der Waals surface area contributed by atoms with E-state index in [0.29, 0.717) is 18.5 Å². The smallest absolute Gasteiger partial charge is 0.221 e. The molecule has 0 saturated heterocycles. The Morgan fingerprint density at radius 3 is 2.42 bits per heavy atom. The zero-order valence-corrected chi connectivity index (χ0v) is 16.3. The van der Waals surface area contributed by atoms with Crippen molar-refractivity contribution in [2.24, 2.45) is 0 Å². The quantitative estimate of drug-likeness (QED) is 0.728. The predicted octanol–water partition coefficient (Wildman–Crippen LogP) is 3.98. The highest BCUT2D eigenvalue weighted by Gasteiger charge is 2.17. The minimum atomic E-state index is 0.0255. The molecule has 0 bridgehead atoms. The molecule has 0 aliphatic carbocycles. The highest BCUT2D eigenvalue weighted by Crippen LogP contribution is 2.28. The van der Waals surface area contributed by atoms with E-state index in [1.54, 1.807) is 14.0 Å². The second kappa shape index (κ2) is 8.70. The maximum atomic E-state index is 12.2. The minimum Gasteiger partial charge on any atom is -0.497 e. The van der Waals surface area contributed by atoms with Gasteiger partial charge in [-0.2, -0.15) is 0 Å². The summed E-state index contributed by atoms with van der Waals surface area (Å²) in [7, 11) is 1.63. The average Bonchev–Trinajstić information content (AvgIpc) is 2.96. The maximum absolute atomic E-state index is 12.2. The number of Topliss-reactive ketones (excluding diaryl/α,β-unsaturated/α-hetero) is 1.